The Kier molecular flexibility index (Phi) is 63.2. The minimum absolute atomic E-state index is 0. The molecule has 0 amide bonds. The standard InChI is InChI=1S/C6H14O.4Na.H3O4P.4H/c1-2-3-4-5-6-7;;;;;1-5(2,3)4;;;;/h7H,2-6H2,1H3;;;;;(H3,1,2,3,4);;;;. The Bertz CT molecular complexity index is 122. The van der Waals surface area contributed by atoms with E-state index in [4.69, 9.17) is 24.4 Å². The molecule has 0 unspecified atom stereocenters. The Morgan fingerprint density at radius 3 is 1.38 bits per heavy atom. The van der Waals surface area contributed by atoms with Crippen LogP contribution >= 0.6 is 7.82 Å². The summed E-state index contributed by atoms with van der Waals surface area (Å²) in [6.07, 6.45) is 4.68. The molecule has 0 bridgehead atoms. The molecule has 0 fully saturated rings. The van der Waals surface area contributed by atoms with E-state index < -0.39 is 7.82 Å². The molecule has 84 valence electrons. The summed E-state index contributed by atoms with van der Waals surface area (Å²) < 4.78 is 8.88. The Balaban J connectivity index is -0.0000000258. The first-order valence-electron chi connectivity index (χ1n) is 3.81. The molecule has 10 heteroatoms. The second kappa shape index (κ2) is 27.4. The molecule has 0 radical (unpaired) electrons. The van der Waals surface area contributed by atoms with Crippen LogP contribution in [0.15, 0.2) is 0 Å². The van der Waals surface area contributed by atoms with Crippen LogP contribution in [0.4, 0.5) is 0 Å². The molecule has 0 aliphatic heterocycles. The van der Waals surface area contributed by atoms with Crippen molar-refractivity contribution in [3.05, 3.63) is 0 Å². The second-order valence-electron chi connectivity index (χ2n) is 2.30. The van der Waals surface area contributed by atoms with Crippen LogP contribution in [0.2, 0.25) is 0 Å². The van der Waals surface area contributed by atoms with Gasteiger partial charge in [-0.1, -0.05) is 26.2 Å². The van der Waals surface area contributed by atoms with Crippen molar-refractivity contribution >= 4 is 126 Å². The van der Waals surface area contributed by atoms with Gasteiger partial charge < -0.3 is 19.8 Å². The van der Waals surface area contributed by atoms with Gasteiger partial charge in [-0.05, 0) is 6.42 Å². The monoisotopic (exact) mass is 296 g/mol. The summed E-state index contributed by atoms with van der Waals surface area (Å²) in [4.78, 5) is 21.6. The van der Waals surface area contributed by atoms with Gasteiger partial charge in [0.1, 0.15) is 0 Å². The summed E-state index contributed by atoms with van der Waals surface area (Å²) in [6, 6.07) is 0. The summed E-state index contributed by atoms with van der Waals surface area (Å²) in [7, 11) is -4.64. The van der Waals surface area contributed by atoms with E-state index in [1.54, 1.807) is 0 Å². The van der Waals surface area contributed by atoms with E-state index in [0.717, 1.165) is 6.42 Å². The van der Waals surface area contributed by atoms with E-state index in [1.165, 1.54) is 19.3 Å². The van der Waals surface area contributed by atoms with Gasteiger partial charge >= 0.3 is 126 Å². The number of phosphoric acid groups is 1. The van der Waals surface area contributed by atoms with Gasteiger partial charge in [-0.15, -0.1) is 0 Å². The van der Waals surface area contributed by atoms with Crippen LogP contribution in [-0.2, 0) is 4.57 Å². The zero-order valence-corrected chi connectivity index (χ0v) is 8.07. The molecule has 0 saturated carbocycles. The third-order valence-electron chi connectivity index (χ3n) is 1.01. The third kappa shape index (κ3) is 80.8. The third-order valence-corrected chi connectivity index (χ3v) is 1.01. The predicted molar refractivity (Wildman–Crippen MR) is 74.1 cm³/mol. The Labute approximate surface area is 186 Å². The van der Waals surface area contributed by atoms with E-state index in [-0.39, 0.29) is 118 Å². The summed E-state index contributed by atoms with van der Waals surface area (Å²) in [5.41, 5.74) is 0. The first kappa shape index (κ1) is 36.9. The molecular formula is C6H21Na4O5P. The van der Waals surface area contributed by atoms with Crippen molar-refractivity contribution in [3.8, 4) is 0 Å². The summed E-state index contributed by atoms with van der Waals surface area (Å²) >= 11 is 0. The van der Waals surface area contributed by atoms with Crippen molar-refractivity contribution in [2.75, 3.05) is 6.61 Å². The second-order valence-corrected chi connectivity index (χ2v) is 3.32. The summed E-state index contributed by atoms with van der Waals surface area (Å²) in [5.74, 6) is 0. The SMILES string of the molecule is CCCCCCO.O=P(O)(O)O.[NaH].[NaH].[NaH].[NaH]. The van der Waals surface area contributed by atoms with Gasteiger partial charge in [0.15, 0.2) is 0 Å². The fourth-order valence-electron chi connectivity index (χ4n) is 0.539. The van der Waals surface area contributed by atoms with Gasteiger partial charge in [0, 0.05) is 6.61 Å². The number of aliphatic hydroxyl groups excluding tert-OH is 1. The quantitative estimate of drug-likeness (QED) is 0.274. The van der Waals surface area contributed by atoms with Crippen LogP contribution in [0.25, 0.3) is 0 Å². The zero-order valence-electron chi connectivity index (χ0n) is 7.18. The van der Waals surface area contributed by atoms with Crippen molar-refractivity contribution in [1.29, 1.82) is 0 Å². The molecule has 16 heavy (non-hydrogen) atoms. The number of hydrogen-bond donors (Lipinski definition) is 4. The number of unbranched alkanes of at least 4 members (excludes halogenated alkanes) is 3. The van der Waals surface area contributed by atoms with E-state index in [9.17, 15) is 0 Å². The fourth-order valence-corrected chi connectivity index (χ4v) is 0.539. The zero-order chi connectivity index (χ0) is 10.0. The van der Waals surface area contributed by atoms with Crippen molar-refractivity contribution in [3.63, 3.8) is 0 Å². The van der Waals surface area contributed by atoms with Crippen LogP contribution in [0.1, 0.15) is 32.6 Å². The molecule has 0 aromatic rings. The summed E-state index contributed by atoms with van der Waals surface area (Å²) in [6.45, 7) is 2.53. The minimum atomic E-state index is -4.64. The fraction of sp³-hybridized carbons (Fsp3) is 1.00. The molecule has 0 aromatic carbocycles. The van der Waals surface area contributed by atoms with E-state index in [1.807, 2.05) is 0 Å². The summed E-state index contributed by atoms with van der Waals surface area (Å²) in [5, 5.41) is 8.29. The average Bonchev–Trinajstić information content (AvgIpc) is 1.85. The molecule has 0 saturated heterocycles. The van der Waals surface area contributed by atoms with Gasteiger partial charge in [0.05, 0.1) is 0 Å². The van der Waals surface area contributed by atoms with Crippen molar-refractivity contribution < 1.29 is 24.4 Å². The van der Waals surface area contributed by atoms with Crippen LogP contribution in [0.5, 0.6) is 0 Å². The van der Waals surface area contributed by atoms with Gasteiger partial charge in [0.2, 0.25) is 0 Å². The van der Waals surface area contributed by atoms with Crippen molar-refractivity contribution in [2.45, 2.75) is 32.6 Å². The van der Waals surface area contributed by atoms with E-state index >= 15 is 0 Å². The van der Waals surface area contributed by atoms with E-state index in [0.29, 0.717) is 6.61 Å². The first-order valence-corrected chi connectivity index (χ1v) is 5.37. The maximum absolute atomic E-state index is 8.88. The number of rotatable bonds is 4. The molecular weight excluding hydrogens is 275 g/mol. The van der Waals surface area contributed by atoms with Crippen LogP contribution in [0, 0.1) is 0 Å². The molecule has 0 atom stereocenters. The number of aliphatic hydroxyl groups is 1. The van der Waals surface area contributed by atoms with Gasteiger partial charge in [-0.3, -0.25) is 0 Å². The van der Waals surface area contributed by atoms with Crippen LogP contribution in [-0.4, -0.2) is 145 Å². The predicted octanol–water partition coefficient (Wildman–Crippen LogP) is -1.96. The molecule has 5 nitrogen and oxygen atoms in total. The first-order chi connectivity index (χ1) is 5.41. The Morgan fingerprint density at radius 2 is 1.19 bits per heavy atom. The van der Waals surface area contributed by atoms with Crippen molar-refractivity contribution in [2.24, 2.45) is 0 Å². The molecule has 0 rings (SSSR count). The Hall–Kier alpha value is 4.07. The van der Waals surface area contributed by atoms with Gasteiger partial charge in [0.25, 0.3) is 0 Å². The Morgan fingerprint density at radius 1 is 0.875 bits per heavy atom. The van der Waals surface area contributed by atoms with Gasteiger partial charge in [-0.2, -0.15) is 0 Å². The maximum atomic E-state index is 8.88. The average molecular weight is 296 g/mol. The molecule has 0 aliphatic carbocycles. The van der Waals surface area contributed by atoms with Crippen molar-refractivity contribution in [1.82, 2.24) is 0 Å². The molecule has 4 N–H and O–H groups in total. The number of hydrogen-bond acceptors (Lipinski definition) is 2. The normalized spacial score (nSPS) is 7.81. The van der Waals surface area contributed by atoms with Crippen LogP contribution < -0.4 is 0 Å². The van der Waals surface area contributed by atoms with Crippen LogP contribution in [0.3, 0.4) is 0 Å². The topological polar surface area (TPSA) is 98.0 Å². The van der Waals surface area contributed by atoms with E-state index in [2.05, 4.69) is 6.92 Å². The molecule has 0 aromatic heterocycles. The van der Waals surface area contributed by atoms with Gasteiger partial charge in [-0.25, -0.2) is 4.57 Å². The molecule has 0 spiro atoms. The molecule has 0 aliphatic rings. The molecule has 0 heterocycles.